The molecule has 2 saturated heterocycles. The van der Waals surface area contributed by atoms with E-state index in [1.54, 1.807) is 4.90 Å². The summed E-state index contributed by atoms with van der Waals surface area (Å²) in [5.41, 5.74) is 4.56. The monoisotopic (exact) mass is 228 g/mol. The van der Waals surface area contributed by atoms with Gasteiger partial charge in [0.25, 0.3) is 0 Å². The molecule has 2 aliphatic heterocycles. The fourth-order valence-electron chi connectivity index (χ4n) is 2.26. The van der Waals surface area contributed by atoms with Crippen molar-refractivity contribution in [1.29, 1.82) is 0 Å². The number of carbonyl (C=O) groups is 1. The molecule has 2 aliphatic rings. The number of hydrogen-bond acceptors (Lipinski definition) is 4. The molecule has 1 amide bonds. The van der Waals surface area contributed by atoms with Crippen LogP contribution in [0, 0.1) is 0 Å². The highest BCUT2D eigenvalue weighted by atomic mass is 16.5. The van der Waals surface area contributed by atoms with E-state index in [1.807, 2.05) is 6.92 Å². The van der Waals surface area contributed by atoms with Crippen molar-refractivity contribution >= 4 is 5.91 Å². The molecule has 2 rings (SSSR count). The molecule has 0 spiro atoms. The summed E-state index contributed by atoms with van der Waals surface area (Å²) in [6, 6.07) is 0. The Labute approximate surface area is 95.5 Å². The molecule has 0 aromatic rings. The minimum Gasteiger partial charge on any atom is -0.390 e. The van der Waals surface area contributed by atoms with E-state index in [1.165, 1.54) is 0 Å². The molecule has 5 heteroatoms. The number of aliphatic hydroxyl groups is 1. The summed E-state index contributed by atoms with van der Waals surface area (Å²) >= 11 is 0. The standard InChI is InChI=1S/C11H20N2O3/c1-10(15)2-5-13(6-3-10)9(14)11(12)4-7-16-8-11/h15H,2-8,12H2,1H3. The van der Waals surface area contributed by atoms with Crippen LogP contribution in [-0.4, -0.2) is 53.4 Å². The van der Waals surface area contributed by atoms with Gasteiger partial charge in [-0.15, -0.1) is 0 Å². The molecule has 1 atom stereocenters. The van der Waals surface area contributed by atoms with Gasteiger partial charge in [0, 0.05) is 19.7 Å². The summed E-state index contributed by atoms with van der Waals surface area (Å²) in [6.45, 7) is 3.87. The number of nitrogens with two attached hydrogens (primary N) is 1. The smallest absolute Gasteiger partial charge is 0.245 e. The highest BCUT2D eigenvalue weighted by molar-refractivity contribution is 5.86. The van der Waals surface area contributed by atoms with Crippen LogP contribution in [0.25, 0.3) is 0 Å². The van der Waals surface area contributed by atoms with Crippen LogP contribution in [0.15, 0.2) is 0 Å². The van der Waals surface area contributed by atoms with Gasteiger partial charge in [-0.3, -0.25) is 4.79 Å². The quantitative estimate of drug-likeness (QED) is 0.633. The second-order valence-electron chi connectivity index (χ2n) is 5.25. The molecule has 0 saturated carbocycles. The molecule has 1 unspecified atom stereocenters. The van der Waals surface area contributed by atoms with Crippen molar-refractivity contribution in [3.05, 3.63) is 0 Å². The Morgan fingerprint density at radius 1 is 1.38 bits per heavy atom. The third-order valence-corrected chi connectivity index (χ3v) is 3.61. The topological polar surface area (TPSA) is 75.8 Å². The maximum atomic E-state index is 12.2. The molecule has 5 nitrogen and oxygen atoms in total. The first-order valence-electron chi connectivity index (χ1n) is 5.81. The average Bonchev–Trinajstić information content (AvgIpc) is 2.66. The minimum absolute atomic E-state index is 0.0273. The molecule has 0 aliphatic carbocycles. The number of hydrogen-bond donors (Lipinski definition) is 2. The molecule has 0 radical (unpaired) electrons. The molecule has 0 aromatic carbocycles. The maximum Gasteiger partial charge on any atom is 0.245 e. The number of amides is 1. The molecule has 2 fully saturated rings. The van der Waals surface area contributed by atoms with Gasteiger partial charge in [0.15, 0.2) is 0 Å². The molecular weight excluding hydrogens is 208 g/mol. The van der Waals surface area contributed by atoms with Crippen LogP contribution in [0.2, 0.25) is 0 Å². The molecule has 16 heavy (non-hydrogen) atoms. The van der Waals surface area contributed by atoms with Gasteiger partial charge in [-0.2, -0.15) is 0 Å². The number of nitrogens with zero attached hydrogens (tertiary/aromatic N) is 1. The van der Waals surface area contributed by atoms with E-state index >= 15 is 0 Å². The summed E-state index contributed by atoms with van der Waals surface area (Å²) in [6.07, 6.45) is 1.84. The first kappa shape index (κ1) is 11.8. The van der Waals surface area contributed by atoms with Gasteiger partial charge in [0.2, 0.25) is 5.91 Å². The number of piperidine rings is 1. The Morgan fingerprint density at radius 2 is 2.00 bits per heavy atom. The van der Waals surface area contributed by atoms with E-state index in [4.69, 9.17) is 10.5 Å². The lowest BCUT2D eigenvalue weighted by Crippen LogP contribution is -2.58. The van der Waals surface area contributed by atoms with E-state index in [2.05, 4.69) is 0 Å². The molecule has 2 heterocycles. The Hall–Kier alpha value is -0.650. The predicted octanol–water partition coefficient (Wildman–Crippen LogP) is -0.522. The number of likely N-dealkylation sites (tertiary alicyclic amines) is 1. The van der Waals surface area contributed by atoms with Crippen molar-refractivity contribution in [2.75, 3.05) is 26.3 Å². The van der Waals surface area contributed by atoms with E-state index in [0.717, 1.165) is 0 Å². The number of carbonyl (C=O) groups excluding carboxylic acids is 1. The SMILES string of the molecule is CC1(O)CCN(C(=O)C2(N)CCOC2)CC1. The number of rotatable bonds is 1. The zero-order chi connectivity index (χ0) is 11.8. The van der Waals surface area contributed by atoms with Crippen LogP contribution in [-0.2, 0) is 9.53 Å². The molecular formula is C11H20N2O3. The zero-order valence-corrected chi connectivity index (χ0v) is 9.74. The Bertz CT molecular complexity index is 275. The lowest BCUT2D eigenvalue weighted by molar-refractivity contribution is -0.140. The van der Waals surface area contributed by atoms with E-state index < -0.39 is 11.1 Å². The second-order valence-corrected chi connectivity index (χ2v) is 5.25. The van der Waals surface area contributed by atoms with Gasteiger partial charge in [-0.1, -0.05) is 0 Å². The second kappa shape index (κ2) is 3.98. The highest BCUT2D eigenvalue weighted by Gasteiger charge is 2.42. The van der Waals surface area contributed by atoms with Crippen molar-refractivity contribution in [1.82, 2.24) is 4.90 Å². The third-order valence-electron chi connectivity index (χ3n) is 3.61. The first-order chi connectivity index (χ1) is 7.43. The Kier molecular flexibility index (Phi) is 2.94. The minimum atomic E-state index is -0.830. The Balaban J connectivity index is 1.96. The van der Waals surface area contributed by atoms with Gasteiger partial charge >= 0.3 is 0 Å². The summed E-state index contributed by atoms with van der Waals surface area (Å²) in [5.74, 6) is -0.0273. The van der Waals surface area contributed by atoms with Crippen molar-refractivity contribution in [2.45, 2.75) is 37.3 Å². The number of ether oxygens (including phenoxy) is 1. The van der Waals surface area contributed by atoms with Crippen LogP contribution in [0.5, 0.6) is 0 Å². The van der Waals surface area contributed by atoms with E-state index in [-0.39, 0.29) is 5.91 Å². The van der Waals surface area contributed by atoms with Crippen LogP contribution in [0.1, 0.15) is 26.2 Å². The van der Waals surface area contributed by atoms with E-state index in [0.29, 0.717) is 45.6 Å². The van der Waals surface area contributed by atoms with Crippen LogP contribution in [0.4, 0.5) is 0 Å². The largest absolute Gasteiger partial charge is 0.390 e. The van der Waals surface area contributed by atoms with Crippen LogP contribution >= 0.6 is 0 Å². The summed E-state index contributed by atoms with van der Waals surface area (Å²) in [7, 11) is 0. The lowest BCUT2D eigenvalue weighted by atomic mass is 9.91. The summed E-state index contributed by atoms with van der Waals surface area (Å²) in [4.78, 5) is 13.9. The maximum absolute atomic E-state index is 12.2. The Morgan fingerprint density at radius 3 is 2.50 bits per heavy atom. The normalized spacial score (nSPS) is 34.1. The lowest BCUT2D eigenvalue weighted by Gasteiger charge is -2.38. The third kappa shape index (κ3) is 2.21. The van der Waals surface area contributed by atoms with Crippen molar-refractivity contribution in [3.8, 4) is 0 Å². The molecule has 92 valence electrons. The highest BCUT2D eigenvalue weighted by Crippen LogP contribution is 2.25. The molecule has 0 aromatic heterocycles. The fourth-order valence-corrected chi connectivity index (χ4v) is 2.26. The van der Waals surface area contributed by atoms with Gasteiger partial charge in [0.05, 0.1) is 12.2 Å². The van der Waals surface area contributed by atoms with Gasteiger partial charge in [-0.05, 0) is 26.2 Å². The summed E-state index contributed by atoms with van der Waals surface area (Å²) < 4.78 is 5.19. The average molecular weight is 228 g/mol. The molecule has 3 N–H and O–H groups in total. The van der Waals surface area contributed by atoms with Gasteiger partial charge < -0.3 is 20.5 Å². The summed E-state index contributed by atoms with van der Waals surface area (Å²) in [5, 5.41) is 9.81. The zero-order valence-electron chi connectivity index (χ0n) is 9.74. The van der Waals surface area contributed by atoms with Crippen LogP contribution in [0.3, 0.4) is 0 Å². The molecule has 0 bridgehead atoms. The predicted molar refractivity (Wildman–Crippen MR) is 58.8 cm³/mol. The van der Waals surface area contributed by atoms with Crippen molar-refractivity contribution < 1.29 is 14.6 Å². The van der Waals surface area contributed by atoms with Crippen molar-refractivity contribution in [2.24, 2.45) is 5.73 Å². The van der Waals surface area contributed by atoms with Crippen molar-refractivity contribution in [3.63, 3.8) is 0 Å². The van der Waals surface area contributed by atoms with Crippen LogP contribution < -0.4 is 5.73 Å². The first-order valence-corrected chi connectivity index (χ1v) is 5.81. The van der Waals surface area contributed by atoms with E-state index in [9.17, 15) is 9.90 Å². The van der Waals surface area contributed by atoms with Gasteiger partial charge in [0.1, 0.15) is 5.54 Å². The van der Waals surface area contributed by atoms with Gasteiger partial charge in [-0.25, -0.2) is 0 Å². The fraction of sp³-hybridized carbons (Fsp3) is 0.909.